The quantitative estimate of drug-likeness (QED) is 0.0465. The van der Waals surface area contributed by atoms with E-state index in [1.54, 1.807) is 42.5 Å². The maximum atomic E-state index is 13.6. The van der Waals surface area contributed by atoms with E-state index in [1.807, 2.05) is 148 Å². The number of fused-ring (bicyclic) bond motifs is 3. The zero-order chi connectivity index (χ0) is 75.2. The van der Waals surface area contributed by atoms with Crippen LogP contribution in [0.3, 0.4) is 0 Å². The number of amides is 4. The number of aromatic carboxylic acids is 1. The molecule has 6 N–H and O–H groups in total. The fraction of sp³-hybridized carbons (Fsp3) is 0.427. The molecular weight excluding hydrogens is 1320 g/mol. The highest BCUT2D eigenvalue weighted by Crippen LogP contribution is 2.32. The number of nitrogens with one attached hydrogen (secondary N) is 5. The van der Waals surface area contributed by atoms with Crippen molar-refractivity contribution in [2.75, 3.05) is 19.6 Å². The highest BCUT2D eigenvalue weighted by molar-refractivity contribution is 5.96. The molecule has 9 aromatic rings. The van der Waals surface area contributed by atoms with E-state index in [1.165, 1.54) is 12.0 Å². The van der Waals surface area contributed by atoms with Crippen molar-refractivity contribution in [3.8, 4) is 18.2 Å². The molecule has 3 aromatic heterocycles. The largest absolute Gasteiger partial charge is 0.475 e. The minimum absolute atomic E-state index is 0.0411. The van der Waals surface area contributed by atoms with Crippen LogP contribution in [0.25, 0.3) is 33.1 Å². The van der Waals surface area contributed by atoms with E-state index in [0.29, 0.717) is 94.8 Å². The van der Waals surface area contributed by atoms with Gasteiger partial charge in [0, 0.05) is 69.0 Å². The molecule has 4 amide bonds. The predicted molar refractivity (Wildman–Crippen MR) is 404 cm³/mol. The van der Waals surface area contributed by atoms with E-state index in [0.717, 1.165) is 93.9 Å². The number of carbonyl (C=O) groups is 5. The first-order chi connectivity index (χ1) is 50.5. The average Bonchev–Trinajstić information content (AvgIpc) is 1.59. The van der Waals surface area contributed by atoms with Gasteiger partial charge in [0.05, 0.1) is 33.2 Å². The molecule has 23 heteroatoms. The number of carbonyl (C=O) groups excluding carboxylic acids is 4. The molecule has 0 aliphatic heterocycles. The Morgan fingerprint density at radius 3 is 1.17 bits per heavy atom. The van der Waals surface area contributed by atoms with Crippen molar-refractivity contribution < 1.29 is 38.6 Å². The number of rotatable bonds is 18. The summed E-state index contributed by atoms with van der Waals surface area (Å²) in [5.74, 6) is -1.02. The summed E-state index contributed by atoms with van der Waals surface area (Å²) in [6.07, 6.45) is 11.3. The molecule has 6 aromatic carbocycles. The number of aromatic nitrogens is 6. The Balaban J connectivity index is 0.000000170. The fourth-order valence-corrected chi connectivity index (χ4v) is 14.1. The Kier molecular flexibility index (Phi) is 27.5. The Hall–Kier alpha value is -10.9. The highest BCUT2D eigenvalue weighted by atomic mass is 16.6. The van der Waals surface area contributed by atoms with E-state index >= 15 is 0 Å². The van der Waals surface area contributed by atoms with Crippen molar-refractivity contribution in [2.45, 2.75) is 206 Å². The minimum atomic E-state index is -1.13. The highest BCUT2D eigenvalue weighted by Gasteiger charge is 2.38. The van der Waals surface area contributed by atoms with E-state index < -0.39 is 17.2 Å². The number of hydrogen-bond acceptors (Lipinski definition) is 15. The third-order valence-corrected chi connectivity index (χ3v) is 19.0. The molecule has 0 unspecified atom stereocenters. The van der Waals surface area contributed by atoms with E-state index in [-0.39, 0.29) is 59.8 Å². The van der Waals surface area contributed by atoms with Gasteiger partial charge in [-0.2, -0.15) is 15.8 Å². The van der Waals surface area contributed by atoms with Gasteiger partial charge in [0.1, 0.15) is 46.0 Å². The molecule has 0 spiro atoms. The smallest absolute Gasteiger partial charge is 0.410 e. The lowest BCUT2D eigenvalue weighted by molar-refractivity contribution is 0.00397. The molecule has 3 aliphatic rings. The third-order valence-electron chi connectivity index (χ3n) is 19.0. The molecule has 0 saturated heterocycles. The summed E-state index contributed by atoms with van der Waals surface area (Å²) < 4.78 is 11.5. The van der Waals surface area contributed by atoms with Crippen LogP contribution in [-0.2, 0) is 29.1 Å². The molecule has 12 rings (SSSR count). The topological polar surface area (TPSA) is 318 Å². The Bertz CT molecular complexity index is 4500. The van der Waals surface area contributed by atoms with Gasteiger partial charge < -0.3 is 59.8 Å². The van der Waals surface area contributed by atoms with E-state index in [2.05, 4.69) is 96.0 Å². The number of hydrogen-bond donors (Lipinski definition) is 6. The first kappa shape index (κ1) is 78.2. The normalized spacial score (nSPS) is 17.8. The number of carboxylic acid groups (broad SMARTS) is 1. The zero-order valence-corrected chi connectivity index (χ0v) is 61.8. The summed E-state index contributed by atoms with van der Waals surface area (Å²) in [4.78, 5) is 92.6. The lowest BCUT2D eigenvalue weighted by atomic mass is 9.88. The van der Waals surface area contributed by atoms with Crippen molar-refractivity contribution >= 4 is 63.1 Å². The molecule has 3 fully saturated rings. The van der Waals surface area contributed by atoms with Gasteiger partial charge in [0.2, 0.25) is 5.82 Å². The molecule has 6 atom stereocenters. The molecule has 3 saturated carbocycles. The van der Waals surface area contributed by atoms with Gasteiger partial charge in [-0.25, -0.2) is 29.3 Å². The van der Waals surface area contributed by atoms with Crippen molar-refractivity contribution in [1.29, 1.82) is 15.8 Å². The van der Waals surface area contributed by atoms with Crippen molar-refractivity contribution in [2.24, 2.45) is 0 Å². The number of imidazole rings is 3. The lowest BCUT2D eigenvalue weighted by Crippen LogP contribution is -2.50. The van der Waals surface area contributed by atoms with Crippen LogP contribution in [0, 0.1) is 34.0 Å². The summed E-state index contributed by atoms with van der Waals surface area (Å²) in [5.41, 5.74) is 7.07. The summed E-state index contributed by atoms with van der Waals surface area (Å²) in [5, 5.41) is 43.3. The number of H-pyrrole nitrogens is 3. The van der Waals surface area contributed by atoms with Crippen LogP contribution >= 0.6 is 0 Å². The van der Waals surface area contributed by atoms with Crippen LogP contribution in [-0.4, -0.2) is 152 Å². The van der Waals surface area contributed by atoms with Crippen LogP contribution in [0.4, 0.5) is 9.59 Å². The lowest BCUT2D eigenvalue weighted by Gasteiger charge is -2.41. The predicted octanol–water partition coefficient (Wildman–Crippen LogP) is 15.1. The van der Waals surface area contributed by atoms with E-state index in [4.69, 9.17) is 19.8 Å². The molecule has 0 radical (unpaired) electrons. The Labute approximate surface area is 615 Å². The standard InChI is InChI=1S/C29H35N5O3.C24H27N5O.C20H32N2O2.C9H5N3O2/c1-5-33(27(35)26-31-24-16-9-13-21(18-30)25(24)32-26)22-14-10-15-23(17-22)34(28(36)37-29(2,3)4)19-20-11-7-6-8-12-20;1-2-29(24(30)23-27-21-13-6-10-18(15-25)22(21)28-23)20-12-7-11-19(14-20)26-16-17-8-4-3-5-9-17;1-5-21-17-12-9-13-18(14-17)22(19(23)24-20(2,3)4)15-16-10-7-6-8-11-16;10-4-5-2-1-3-6-7(5)12-8(11-6)9(13)14/h6-9,11-13,16,22-23H,5,10,14-15,17,19H2,1-4H3,(H,31,32);3-6,8-10,13,19-20,26H,2,7,11-12,14,16H2,1H3,(H,27,28);6-8,10-11,17-18,21H,5,9,12-15H2,1-4H3;1-3H,(H,11,12)(H,13,14)/t22-,23+;19-,20+;17-,18+;/m010./s1. The maximum absolute atomic E-state index is 13.6. The van der Waals surface area contributed by atoms with Crippen molar-refractivity contribution in [3.63, 3.8) is 0 Å². The van der Waals surface area contributed by atoms with Crippen LogP contribution in [0.5, 0.6) is 0 Å². The maximum Gasteiger partial charge on any atom is 0.410 e. The molecule has 0 bridgehead atoms. The monoisotopic (exact) mass is 1420 g/mol. The minimum Gasteiger partial charge on any atom is -0.475 e. The summed E-state index contributed by atoms with van der Waals surface area (Å²) in [6, 6.07) is 53.5. The second kappa shape index (κ2) is 37.0. The molecule has 550 valence electrons. The fourth-order valence-electron chi connectivity index (χ4n) is 14.1. The van der Waals surface area contributed by atoms with Gasteiger partial charge in [-0.1, -0.05) is 116 Å². The first-order valence-corrected chi connectivity index (χ1v) is 36.6. The van der Waals surface area contributed by atoms with Crippen LogP contribution in [0.2, 0.25) is 0 Å². The van der Waals surface area contributed by atoms with Gasteiger partial charge in [0.15, 0.2) is 11.6 Å². The van der Waals surface area contributed by atoms with Crippen molar-refractivity contribution in [1.82, 2.24) is 60.1 Å². The molecule has 23 nitrogen and oxygen atoms in total. The van der Waals surface area contributed by atoms with Crippen molar-refractivity contribution in [3.05, 3.63) is 196 Å². The molecular formula is C82H99N15O8. The molecule has 3 heterocycles. The number of para-hydroxylation sites is 3. The number of nitriles is 3. The van der Waals surface area contributed by atoms with Gasteiger partial charge in [-0.15, -0.1) is 0 Å². The Morgan fingerprint density at radius 2 is 0.800 bits per heavy atom. The summed E-state index contributed by atoms with van der Waals surface area (Å²) >= 11 is 0. The van der Waals surface area contributed by atoms with Gasteiger partial charge in [-0.3, -0.25) is 9.59 Å². The molecule has 105 heavy (non-hydrogen) atoms. The number of carboxylic acids is 1. The number of benzene rings is 6. The summed E-state index contributed by atoms with van der Waals surface area (Å²) in [7, 11) is 0. The van der Waals surface area contributed by atoms with Crippen LogP contribution in [0.15, 0.2) is 146 Å². The average molecular weight is 1420 g/mol. The Morgan fingerprint density at radius 1 is 0.457 bits per heavy atom. The second-order valence-corrected chi connectivity index (χ2v) is 28.8. The first-order valence-electron chi connectivity index (χ1n) is 36.6. The number of ether oxygens (including phenoxy) is 2. The van der Waals surface area contributed by atoms with E-state index in [9.17, 15) is 34.5 Å². The van der Waals surface area contributed by atoms with Gasteiger partial charge >= 0.3 is 18.2 Å². The van der Waals surface area contributed by atoms with Gasteiger partial charge in [0.25, 0.3) is 11.8 Å². The SMILES string of the molecule is CCN(C(=O)c1nc2c(C#N)cccc2[nH]1)[C@H]1CCC[C@@H](N(Cc2ccccc2)C(=O)OC(C)(C)C)C1.CCN(C(=O)c1nc2c(C#N)cccc2[nH]1)[C@H]1CCC[C@@H](NCc2ccccc2)C1.CCN[C@H]1CCC[C@@H](N(Cc2ccccc2)C(=O)OC(C)(C)C)C1.N#Cc1cccc2[nH]c(C(=O)O)nc12. The molecule has 3 aliphatic carbocycles. The summed E-state index contributed by atoms with van der Waals surface area (Å²) in [6.45, 7) is 21.5. The van der Waals surface area contributed by atoms with Crippen LogP contribution < -0.4 is 10.6 Å². The number of aromatic amines is 3. The van der Waals surface area contributed by atoms with Gasteiger partial charge in [-0.05, 0) is 192 Å². The zero-order valence-electron chi connectivity index (χ0n) is 61.8. The van der Waals surface area contributed by atoms with Crippen LogP contribution in [0.1, 0.15) is 205 Å². The second-order valence-electron chi connectivity index (χ2n) is 28.8. The third kappa shape index (κ3) is 21.6. The number of nitrogens with zero attached hydrogens (tertiary/aromatic N) is 10.